The maximum Gasteiger partial charge on any atom is 0.224 e. The Hall–Kier alpha value is -2.69. The Labute approximate surface area is 166 Å². The maximum absolute atomic E-state index is 13.2. The predicted octanol–water partition coefficient (Wildman–Crippen LogP) is 4.64. The molecule has 1 aromatic heterocycles. The number of halogens is 1. The molecule has 148 valence electrons. The van der Waals surface area contributed by atoms with Crippen molar-refractivity contribution in [1.82, 2.24) is 14.5 Å². The Morgan fingerprint density at radius 3 is 2.50 bits per heavy atom. The average Bonchev–Trinajstić information content (AvgIpc) is 2.98. The average molecular weight is 381 g/mol. The highest BCUT2D eigenvalue weighted by Crippen LogP contribution is 2.23. The van der Waals surface area contributed by atoms with Gasteiger partial charge in [0.05, 0.1) is 11.0 Å². The minimum atomic E-state index is -0.243. The van der Waals surface area contributed by atoms with E-state index in [2.05, 4.69) is 37.5 Å². The molecular weight excluding hydrogens is 353 g/mol. The number of hydrogen-bond donors (Lipinski definition) is 0. The Bertz CT molecular complexity index is 976. The summed E-state index contributed by atoms with van der Waals surface area (Å²) >= 11 is 0. The van der Waals surface area contributed by atoms with Crippen molar-refractivity contribution < 1.29 is 9.18 Å². The van der Waals surface area contributed by atoms with Crippen molar-refractivity contribution in [3.8, 4) is 0 Å². The third-order valence-electron chi connectivity index (χ3n) is 5.25. The monoisotopic (exact) mass is 381 g/mol. The zero-order valence-electron chi connectivity index (χ0n) is 17.1. The van der Waals surface area contributed by atoms with Crippen LogP contribution in [0.25, 0.3) is 11.0 Å². The number of benzene rings is 2. The number of aromatic nitrogens is 2. The first-order valence-corrected chi connectivity index (χ1v) is 9.83. The summed E-state index contributed by atoms with van der Waals surface area (Å²) in [5, 5.41) is 0. The summed E-state index contributed by atoms with van der Waals surface area (Å²) < 4.78 is 15.4. The van der Waals surface area contributed by atoms with E-state index in [9.17, 15) is 9.18 Å². The fraction of sp³-hybridized carbons (Fsp3) is 0.391. The zero-order chi connectivity index (χ0) is 20.3. The Balaban J connectivity index is 1.93. The lowest BCUT2D eigenvalue weighted by Gasteiger charge is -2.17. The van der Waals surface area contributed by atoms with Gasteiger partial charge in [-0.05, 0) is 61.2 Å². The molecule has 3 aromatic rings. The largest absolute Gasteiger partial charge is 0.346 e. The van der Waals surface area contributed by atoms with Crippen LogP contribution in [0.2, 0.25) is 0 Å². The SMILES string of the molecule is CCCN(C)C(=O)CCn1c(Cc2ccc(F)cc2)nc2cc(C)c(C)cc21. The molecule has 5 heteroatoms. The van der Waals surface area contributed by atoms with Crippen molar-refractivity contribution in [2.45, 2.75) is 46.6 Å². The van der Waals surface area contributed by atoms with Gasteiger partial charge in [-0.15, -0.1) is 0 Å². The zero-order valence-corrected chi connectivity index (χ0v) is 17.1. The third-order valence-corrected chi connectivity index (χ3v) is 5.25. The van der Waals surface area contributed by atoms with E-state index in [4.69, 9.17) is 4.98 Å². The van der Waals surface area contributed by atoms with Crippen molar-refractivity contribution in [2.75, 3.05) is 13.6 Å². The lowest BCUT2D eigenvalue weighted by Crippen LogP contribution is -2.28. The van der Waals surface area contributed by atoms with E-state index in [0.29, 0.717) is 19.4 Å². The molecule has 0 saturated heterocycles. The van der Waals surface area contributed by atoms with E-state index >= 15 is 0 Å². The molecule has 1 amide bonds. The van der Waals surface area contributed by atoms with Crippen molar-refractivity contribution in [2.24, 2.45) is 0 Å². The van der Waals surface area contributed by atoms with Gasteiger partial charge < -0.3 is 9.47 Å². The summed E-state index contributed by atoms with van der Waals surface area (Å²) in [7, 11) is 1.85. The van der Waals surface area contributed by atoms with Crippen LogP contribution < -0.4 is 0 Å². The van der Waals surface area contributed by atoms with Gasteiger partial charge in [0.2, 0.25) is 5.91 Å². The molecule has 2 aromatic carbocycles. The van der Waals surface area contributed by atoms with Crippen LogP contribution in [0.1, 0.15) is 42.3 Å². The lowest BCUT2D eigenvalue weighted by atomic mass is 10.1. The molecule has 1 heterocycles. The van der Waals surface area contributed by atoms with Crippen LogP contribution >= 0.6 is 0 Å². The first kappa shape index (κ1) is 20.1. The number of aryl methyl sites for hydroxylation is 3. The fourth-order valence-corrected chi connectivity index (χ4v) is 3.46. The molecular formula is C23H28FN3O. The summed E-state index contributed by atoms with van der Waals surface area (Å²) in [6, 6.07) is 10.8. The van der Waals surface area contributed by atoms with E-state index < -0.39 is 0 Å². The van der Waals surface area contributed by atoms with Crippen LogP contribution in [-0.2, 0) is 17.8 Å². The highest BCUT2D eigenvalue weighted by atomic mass is 19.1. The molecule has 0 aliphatic rings. The minimum absolute atomic E-state index is 0.139. The van der Waals surface area contributed by atoms with Crippen LogP contribution in [0, 0.1) is 19.7 Å². The molecule has 0 fully saturated rings. The number of fused-ring (bicyclic) bond motifs is 1. The van der Waals surface area contributed by atoms with Crippen LogP contribution in [0.5, 0.6) is 0 Å². The summed E-state index contributed by atoms with van der Waals surface area (Å²) in [5.41, 5.74) is 5.39. The molecule has 0 saturated carbocycles. The van der Waals surface area contributed by atoms with Gasteiger partial charge >= 0.3 is 0 Å². The fourth-order valence-electron chi connectivity index (χ4n) is 3.46. The molecule has 0 radical (unpaired) electrons. The second-order valence-electron chi connectivity index (χ2n) is 7.47. The van der Waals surface area contributed by atoms with E-state index in [1.165, 1.54) is 23.3 Å². The normalized spacial score (nSPS) is 11.2. The maximum atomic E-state index is 13.2. The number of amides is 1. The number of carbonyl (C=O) groups excluding carboxylic acids is 1. The van der Waals surface area contributed by atoms with E-state index in [1.54, 1.807) is 17.0 Å². The quantitative estimate of drug-likeness (QED) is 0.598. The molecule has 0 aliphatic carbocycles. The Morgan fingerprint density at radius 2 is 1.82 bits per heavy atom. The second-order valence-corrected chi connectivity index (χ2v) is 7.47. The van der Waals surface area contributed by atoms with Crippen molar-refractivity contribution >= 4 is 16.9 Å². The van der Waals surface area contributed by atoms with Crippen molar-refractivity contribution in [3.63, 3.8) is 0 Å². The summed E-state index contributed by atoms with van der Waals surface area (Å²) in [6.07, 6.45) is 1.99. The minimum Gasteiger partial charge on any atom is -0.346 e. The first-order chi connectivity index (χ1) is 13.4. The highest BCUT2D eigenvalue weighted by Gasteiger charge is 2.15. The predicted molar refractivity (Wildman–Crippen MR) is 111 cm³/mol. The molecule has 0 N–H and O–H groups in total. The molecule has 0 spiro atoms. The molecule has 0 aliphatic heterocycles. The number of rotatable bonds is 7. The Morgan fingerprint density at radius 1 is 1.14 bits per heavy atom. The van der Waals surface area contributed by atoms with Gasteiger partial charge in [-0.1, -0.05) is 19.1 Å². The number of nitrogens with zero attached hydrogens (tertiary/aromatic N) is 3. The van der Waals surface area contributed by atoms with E-state index in [-0.39, 0.29) is 11.7 Å². The Kier molecular flexibility index (Phi) is 6.12. The summed E-state index contributed by atoms with van der Waals surface area (Å²) in [5.74, 6) is 0.797. The molecule has 0 unspecified atom stereocenters. The molecule has 0 bridgehead atoms. The highest BCUT2D eigenvalue weighted by molar-refractivity contribution is 5.79. The van der Waals surface area contributed by atoms with Gasteiger partial charge in [0.25, 0.3) is 0 Å². The van der Waals surface area contributed by atoms with Crippen LogP contribution in [0.3, 0.4) is 0 Å². The van der Waals surface area contributed by atoms with E-state index in [1.807, 2.05) is 7.05 Å². The molecule has 4 nitrogen and oxygen atoms in total. The van der Waals surface area contributed by atoms with Gasteiger partial charge in [0, 0.05) is 33.0 Å². The van der Waals surface area contributed by atoms with Gasteiger partial charge in [-0.3, -0.25) is 4.79 Å². The first-order valence-electron chi connectivity index (χ1n) is 9.83. The van der Waals surface area contributed by atoms with Crippen molar-refractivity contribution in [3.05, 3.63) is 64.7 Å². The van der Waals surface area contributed by atoms with Crippen LogP contribution in [-0.4, -0.2) is 34.0 Å². The third kappa shape index (κ3) is 4.41. The van der Waals surface area contributed by atoms with Crippen molar-refractivity contribution in [1.29, 1.82) is 0 Å². The topological polar surface area (TPSA) is 38.1 Å². The van der Waals surface area contributed by atoms with Gasteiger partial charge in [0.1, 0.15) is 11.6 Å². The standard InChI is InChI=1S/C23H28FN3O/c1-5-11-26(4)23(28)10-12-27-21-14-17(3)16(2)13-20(21)25-22(27)15-18-6-8-19(24)9-7-18/h6-9,13-14H,5,10-12,15H2,1-4H3. The van der Waals surface area contributed by atoms with Gasteiger partial charge in [0.15, 0.2) is 0 Å². The molecule has 3 rings (SSSR count). The van der Waals surface area contributed by atoms with Gasteiger partial charge in [-0.25, -0.2) is 9.37 Å². The molecule has 28 heavy (non-hydrogen) atoms. The molecule has 0 atom stereocenters. The summed E-state index contributed by atoms with van der Waals surface area (Å²) in [4.78, 5) is 19.1. The number of carbonyl (C=O) groups is 1. The van der Waals surface area contributed by atoms with Crippen LogP contribution in [0.4, 0.5) is 4.39 Å². The second kappa shape index (κ2) is 8.55. The number of imidazole rings is 1. The smallest absolute Gasteiger partial charge is 0.224 e. The number of hydrogen-bond acceptors (Lipinski definition) is 2. The summed E-state index contributed by atoms with van der Waals surface area (Å²) in [6.45, 7) is 7.59. The van der Waals surface area contributed by atoms with Gasteiger partial charge in [-0.2, -0.15) is 0 Å². The lowest BCUT2D eigenvalue weighted by molar-refractivity contribution is -0.130. The van der Waals surface area contributed by atoms with E-state index in [0.717, 1.165) is 35.4 Å². The van der Waals surface area contributed by atoms with Crippen LogP contribution in [0.15, 0.2) is 36.4 Å².